The first-order valence-corrected chi connectivity index (χ1v) is 9.25. The number of thiophene rings is 1. The fourth-order valence-electron chi connectivity index (χ4n) is 2.30. The molecule has 11 heteroatoms. The number of alkyl carbamates (subject to hydrolysis) is 1. The minimum absolute atomic E-state index is 0.0318. The molecule has 0 aliphatic heterocycles. The highest BCUT2D eigenvalue weighted by molar-refractivity contribution is 7.09. The van der Waals surface area contributed by atoms with Gasteiger partial charge in [0.25, 0.3) is 11.5 Å². The Morgan fingerprint density at radius 1 is 1.14 bits per heavy atom. The van der Waals surface area contributed by atoms with Crippen LogP contribution in [0, 0.1) is 0 Å². The van der Waals surface area contributed by atoms with Crippen LogP contribution in [0.2, 0.25) is 0 Å². The van der Waals surface area contributed by atoms with Gasteiger partial charge in [0.15, 0.2) is 0 Å². The molecule has 0 aromatic carbocycles. The van der Waals surface area contributed by atoms with Gasteiger partial charge in [-0.2, -0.15) is 0 Å². The van der Waals surface area contributed by atoms with E-state index in [2.05, 4.69) is 4.74 Å². The largest absolute Gasteiger partial charge is 0.465 e. The summed E-state index contributed by atoms with van der Waals surface area (Å²) in [6.45, 7) is 2.66. The van der Waals surface area contributed by atoms with Gasteiger partial charge in [-0.3, -0.25) is 24.3 Å². The minimum atomic E-state index is -1.04. The molecule has 2 rings (SSSR count). The first-order valence-electron chi connectivity index (χ1n) is 8.37. The maximum Gasteiger partial charge on any atom is 0.414 e. The number of amides is 2. The van der Waals surface area contributed by atoms with Crippen molar-refractivity contribution in [2.24, 2.45) is 0 Å². The molecule has 0 spiro atoms. The van der Waals surface area contributed by atoms with Gasteiger partial charge in [0.1, 0.15) is 12.1 Å². The van der Waals surface area contributed by atoms with Gasteiger partial charge in [0.05, 0.1) is 19.8 Å². The minimum Gasteiger partial charge on any atom is -0.465 e. The van der Waals surface area contributed by atoms with Gasteiger partial charge >= 0.3 is 17.8 Å². The summed E-state index contributed by atoms with van der Waals surface area (Å²) < 4.78 is 11.1. The van der Waals surface area contributed by atoms with Crippen molar-refractivity contribution in [2.45, 2.75) is 26.9 Å². The third-order valence-electron chi connectivity index (χ3n) is 3.47. The van der Waals surface area contributed by atoms with E-state index in [1.165, 1.54) is 11.3 Å². The number of carbonyl (C=O) groups excluding carboxylic acids is 3. The molecule has 28 heavy (non-hydrogen) atoms. The Hall–Kier alpha value is -3.21. The van der Waals surface area contributed by atoms with E-state index in [4.69, 9.17) is 4.74 Å². The van der Waals surface area contributed by atoms with Crippen LogP contribution >= 0.6 is 11.3 Å². The number of hydrogen-bond donors (Lipinski definition) is 1. The Kier molecular flexibility index (Phi) is 7.27. The van der Waals surface area contributed by atoms with Gasteiger partial charge in [0.2, 0.25) is 0 Å². The molecule has 0 aliphatic carbocycles. The van der Waals surface area contributed by atoms with Crippen molar-refractivity contribution in [2.75, 3.05) is 13.2 Å². The van der Waals surface area contributed by atoms with Crippen LogP contribution in [-0.4, -0.2) is 40.3 Å². The monoisotopic (exact) mass is 409 g/mol. The summed E-state index contributed by atoms with van der Waals surface area (Å²) >= 11 is 1.38. The highest BCUT2D eigenvalue weighted by Crippen LogP contribution is 2.09. The van der Waals surface area contributed by atoms with Crippen LogP contribution in [0.5, 0.6) is 0 Å². The maximum atomic E-state index is 12.7. The molecule has 2 aromatic rings. The number of ether oxygens (including phenoxy) is 2. The fourth-order valence-corrected chi connectivity index (χ4v) is 3.00. The normalized spacial score (nSPS) is 10.4. The molecule has 2 amide bonds. The molecule has 150 valence electrons. The average molecular weight is 409 g/mol. The number of nitrogens with one attached hydrogen (secondary N) is 1. The second-order valence-electron chi connectivity index (χ2n) is 5.40. The van der Waals surface area contributed by atoms with Crippen molar-refractivity contribution in [3.05, 3.63) is 55.0 Å². The highest BCUT2D eigenvalue weighted by Gasteiger charge is 2.21. The Balaban J connectivity index is 2.49. The maximum absolute atomic E-state index is 12.7. The lowest BCUT2D eigenvalue weighted by molar-refractivity contribution is -0.143. The lowest BCUT2D eigenvalue weighted by Gasteiger charge is -2.12. The van der Waals surface area contributed by atoms with E-state index in [0.717, 1.165) is 15.6 Å². The van der Waals surface area contributed by atoms with Crippen LogP contribution in [0.4, 0.5) is 4.79 Å². The second-order valence-corrected chi connectivity index (χ2v) is 6.44. The third-order valence-corrected chi connectivity index (χ3v) is 4.33. The van der Waals surface area contributed by atoms with Crippen LogP contribution in [0.15, 0.2) is 33.3 Å². The van der Waals surface area contributed by atoms with Gasteiger partial charge in [0, 0.05) is 11.1 Å². The first-order chi connectivity index (χ1) is 13.4. The summed E-state index contributed by atoms with van der Waals surface area (Å²) in [6.07, 6.45) is 0.0282. The number of nitrogens with zero attached hydrogens (tertiary/aromatic N) is 2. The van der Waals surface area contributed by atoms with Crippen LogP contribution in [0.3, 0.4) is 0 Å². The van der Waals surface area contributed by atoms with Crippen LogP contribution in [0.25, 0.3) is 0 Å². The van der Waals surface area contributed by atoms with Crippen molar-refractivity contribution in [1.29, 1.82) is 0 Å². The summed E-state index contributed by atoms with van der Waals surface area (Å²) in [5.41, 5.74) is -2.27. The summed E-state index contributed by atoms with van der Waals surface area (Å²) in [4.78, 5) is 61.6. The lowest BCUT2D eigenvalue weighted by Crippen LogP contribution is -2.46. The molecule has 0 saturated heterocycles. The molecule has 1 N–H and O–H groups in total. The van der Waals surface area contributed by atoms with Crippen molar-refractivity contribution in [3.63, 3.8) is 0 Å². The molecule has 0 radical (unpaired) electrons. The van der Waals surface area contributed by atoms with Crippen molar-refractivity contribution < 1.29 is 23.9 Å². The molecule has 0 fully saturated rings. The van der Waals surface area contributed by atoms with Gasteiger partial charge in [-0.15, -0.1) is 11.3 Å². The smallest absolute Gasteiger partial charge is 0.414 e. The molecule has 2 heterocycles. The van der Waals surface area contributed by atoms with Crippen molar-refractivity contribution in [1.82, 2.24) is 14.5 Å². The van der Waals surface area contributed by atoms with Crippen molar-refractivity contribution in [3.8, 4) is 0 Å². The molecule has 0 unspecified atom stereocenters. The van der Waals surface area contributed by atoms with E-state index in [0.29, 0.717) is 4.57 Å². The molecule has 2 aromatic heterocycles. The van der Waals surface area contributed by atoms with Gasteiger partial charge < -0.3 is 9.47 Å². The standard InChI is InChI=1S/C17H19N3O7S/c1-3-26-13(21)10-20-15(23)12(14(22)18-16(24)27-4-2)9-19(17(20)25)8-11-6-5-7-28-11/h5-7,9H,3-4,8,10H2,1-2H3,(H,18,22,24). The Labute approximate surface area is 163 Å². The number of rotatable bonds is 7. The second kappa shape index (κ2) is 9.65. The molecular weight excluding hydrogens is 390 g/mol. The lowest BCUT2D eigenvalue weighted by atomic mass is 10.3. The zero-order valence-corrected chi connectivity index (χ0v) is 16.1. The molecule has 10 nitrogen and oxygen atoms in total. The van der Waals surface area contributed by atoms with E-state index < -0.39 is 41.3 Å². The average Bonchev–Trinajstić information content (AvgIpc) is 3.14. The SMILES string of the molecule is CCOC(=O)Cn1c(=O)c(C(=O)NC(=O)OCC)cn(Cc2cccs2)c1=O. The summed E-state index contributed by atoms with van der Waals surface area (Å²) in [5, 5.41) is 3.72. The Morgan fingerprint density at radius 2 is 1.86 bits per heavy atom. The van der Waals surface area contributed by atoms with Gasteiger partial charge in [-0.05, 0) is 25.3 Å². The van der Waals surface area contributed by atoms with Crippen molar-refractivity contribution >= 4 is 29.3 Å². The quantitative estimate of drug-likeness (QED) is 0.663. The van der Waals surface area contributed by atoms with Gasteiger partial charge in [-0.25, -0.2) is 14.2 Å². The fraction of sp³-hybridized carbons (Fsp3) is 0.353. The number of hydrogen-bond acceptors (Lipinski definition) is 8. The van der Waals surface area contributed by atoms with Crippen LogP contribution < -0.4 is 16.6 Å². The Bertz CT molecular complexity index is 976. The van der Waals surface area contributed by atoms with E-state index in [-0.39, 0.29) is 19.8 Å². The molecule has 0 saturated carbocycles. The zero-order chi connectivity index (χ0) is 20.7. The molecule has 0 bridgehead atoms. The molecule has 0 aliphatic rings. The summed E-state index contributed by atoms with van der Waals surface area (Å²) in [7, 11) is 0. The topological polar surface area (TPSA) is 126 Å². The number of imide groups is 1. The summed E-state index contributed by atoms with van der Waals surface area (Å²) in [6, 6.07) is 3.56. The van der Waals surface area contributed by atoms with E-state index in [1.807, 2.05) is 10.7 Å². The predicted octanol–water partition coefficient (Wildman–Crippen LogP) is 0.569. The number of carbonyl (C=O) groups is 3. The predicted molar refractivity (Wildman–Crippen MR) is 99.5 cm³/mol. The highest BCUT2D eigenvalue weighted by atomic mass is 32.1. The summed E-state index contributed by atoms with van der Waals surface area (Å²) in [5.74, 6) is -1.84. The Morgan fingerprint density at radius 3 is 2.46 bits per heavy atom. The van der Waals surface area contributed by atoms with Crippen LogP contribution in [-0.2, 0) is 27.4 Å². The van der Waals surface area contributed by atoms with Crippen LogP contribution in [0.1, 0.15) is 29.1 Å². The number of esters is 1. The van der Waals surface area contributed by atoms with E-state index >= 15 is 0 Å². The van der Waals surface area contributed by atoms with Gasteiger partial charge in [-0.1, -0.05) is 6.07 Å². The zero-order valence-electron chi connectivity index (χ0n) is 15.3. The molecular formula is C17H19N3O7S. The van der Waals surface area contributed by atoms with E-state index in [1.54, 1.807) is 26.0 Å². The number of aromatic nitrogens is 2. The first kappa shape index (κ1) is 21.1. The van der Waals surface area contributed by atoms with E-state index in [9.17, 15) is 24.0 Å². The third kappa shape index (κ3) is 5.16. The molecule has 0 atom stereocenters.